The van der Waals surface area contributed by atoms with E-state index in [2.05, 4.69) is 10.0 Å². The Kier molecular flexibility index (Phi) is 11.3. The molecule has 2 aliphatic rings. The number of nitrogens with one attached hydrogen (secondary N) is 2. The van der Waals surface area contributed by atoms with Gasteiger partial charge in [-0.25, -0.2) is 18.2 Å². The number of amides is 3. The number of carbonyl (C=O) groups is 6. The van der Waals surface area contributed by atoms with Gasteiger partial charge < -0.3 is 20.1 Å². The summed E-state index contributed by atoms with van der Waals surface area (Å²) in [6, 6.07) is 10.7. The SMILES string of the molecule is Cc1cccc(C)c1C(=O)OCC(=O)[C@H](CC(=O)O)NC(=O)[C@@H]1CCCN2C(=O)CC[C@H](NS(=O)(=O)c3cccc4c(N(C)C)cccc34)C(=O)N12. The summed E-state index contributed by atoms with van der Waals surface area (Å²) in [4.78, 5) is 80.6. The van der Waals surface area contributed by atoms with E-state index in [0.717, 1.165) is 15.7 Å². The number of nitrogens with zero attached hydrogens (tertiary/aromatic N) is 3. The number of hydrogen-bond donors (Lipinski definition) is 3. The van der Waals surface area contributed by atoms with Crippen molar-refractivity contribution in [3.05, 3.63) is 71.3 Å². The van der Waals surface area contributed by atoms with Crippen LogP contribution >= 0.6 is 0 Å². The van der Waals surface area contributed by atoms with E-state index < -0.39 is 76.6 Å². The maximum atomic E-state index is 14.1. The summed E-state index contributed by atoms with van der Waals surface area (Å²) in [5.41, 5.74) is 2.26. The number of anilines is 1. The van der Waals surface area contributed by atoms with Crippen LogP contribution in [-0.4, -0.2) is 104 Å². The van der Waals surface area contributed by atoms with Crippen LogP contribution in [0.5, 0.6) is 0 Å². The van der Waals surface area contributed by atoms with Gasteiger partial charge in [-0.2, -0.15) is 4.72 Å². The summed E-state index contributed by atoms with van der Waals surface area (Å²) in [6.45, 7) is 2.63. The quantitative estimate of drug-likeness (QED) is 0.230. The number of hydrogen-bond acceptors (Lipinski definition) is 10. The molecule has 3 aromatic carbocycles. The zero-order valence-corrected chi connectivity index (χ0v) is 30.1. The minimum Gasteiger partial charge on any atom is -0.481 e. The number of hydrazine groups is 1. The molecule has 2 aliphatic heterocycles. The van der Waals surface area contributed by atoms with Gasteiger partial charge in [-0.15, -0.1) is 0 Å². The van der Waals surface area contributed by atoms with E-state index in [1.165, 1.54) is 6.07 Å². The van der Waals surface area contributed by atoms with Crippen molar-refractivity contribution in [1.29, 1.82) is 0 Å². The van der Waals surface area contributed by atoms with Crippen LogP contribution in [0.25, 0.3) is 10.8 Å². The number of ether oxygens (including phenoxy) is 1. The number of fused-ring (bicyclic) bond motifs is 2. The molecule has 3 amide bonds. The van der Waals surface area contributed by atoms with Gasteiger partial charge in [-0.05, 0) is 56.4 Å². The number of sulfonamides is 1. The van der Waals surface area contributed by atoms with Crippen LogP contribution in [0.15, 0.2) is 59.5 Å². The highest BCUT2D eigenvalue weighted by Crippen LogP contribution is 2.31. The average molecular weight is 736 g/mol. The first-order chi connectivity index (χ1) is 24.6. The van der Waals surface area contributed by atoms with E-state index in [1.807, 2.05) is 25.1 Å². The lowest BCUT2D eigenvalue weighted by molar-refractivity contribution is -0.176. The second-order valence-electron chi connectivity index (χ2n) is 13.1. The fourth-order valence-corrected chi connectivity index (χ4v) is 8.10. The Balaban J connectivity index is 1.36. The number of carbonyl (C=O) groups excluding carboxylic acids is 5. The van der Waals surface area contributed by atoms with Crippen molar-refractivity contribution in [3.63, 3.8) is 0 Å². The molecule has 0 aromatic heterocycles. The minimum atomic E-state index is -4.35. The number of ketones is 1. The van der Waals surface area contributed by atoms with E-state index in [-0.39, 0.29) is 36.3 Å². The summed E-state index contributed by atoms with van der Waals surface area (Å²) in [5.74, 6) is -5.42. The number of aryl methyl sites for hydroxylation is 2. The van der Waals surface area contributed by atoms with E-state index in [9.17, 15) is 42.3 Å². The van der Waals surface area contributed by atoms with E-state index in [1.54, 1.807) is 56.3 Å². The molecule has 5 rings (SSSR count). The Hall–Kier alpha value is -5.35. The monoisotopic (exact) mass is 735 g/mol. The summed E-state index contributed by atoms with van der Waals surface area (Å²) in [7, 11) is -0.696. The minimum absolute atomic E-state index is 0.0347. The largest absolute Gasteiger partial charge is 0.481 e. The zero-order chi connectivity index (χ0) is 37.9. The van der Waals surface area contributed by atoms with Gasteiger partial charge in [0.15, 0.2) is 12.4 Å². The molecule has 3 aromatic rings. The maximum Gasteiger partial charge on any atom is 0.339 e. The molecule has 2 fully saturated rings. The standard InChI is InChI=1S/C36H41N5O10S/c1-21-9-5-10-22(2)33(21)36(48)51-20-29(42)26(19-32(44)45)37-34(46)28-14-8-18-40-31(43)17-16-25(35(47)41(28)40)38-52(49,50)30-15-7-11-23-24(30)12-6-13-27(23)39(3)4/h5-7,9-13,15,25-26,28,38H,8,14,16-20H2,1-4H3,(H,37,46)(H,44,45)/t25-,26-,28-/m0/s1. The number of rotatable bonds is 12. The molecule has 2 saturated heterocycles. The molecule has 0 bridgehead atoms. The molecule has 0 saturated carbocycles. The predicted molar refractivity (Wildman–Crippen MR) is 189 cm³/mol. The molecule has 2 heterocycles. The van der Waals surface area contributed by atoms with Gasteiger partial charge in [-0.1, -0.05) is 42.5 Å². The lowest BCUT2D eigenvalue weighted by Gasteiger charge is -2.43. The second-order valence-corrected chi connectivity index (χ2v) is 14.7. The lowest BCUT2D eigenvalue weighted by Crippen LogP contribution is -2.64. The topological polar surface area (TPSA) is 200 Å². The third-order valence-electron chi connectivity index (χ3n) is 9.21. The van der Waals surface area contributed by atoms with Crippen LogP contribution in [-0.2, 0) is 38.7 Å². The highest BCUT2D eigenvalue weighted by atomic mass is 32.2. The fourth-order valence-electron chi connectivity index (χ4n) is 6.66. The predicted octanol–water partition coefficient (Wildman–Crippen LogP) is 2.08. The van der Waals surface area contributed by atoms with Crippen molar-refractivity contribution in [1.82, 2.24) is 20.1 Å². The molecular weight excluding hydrogens is 694 g/mol. The van der Waals surface area contributed by atoms with Gasteiger partial charge in [0, 0.05) is 43.5 Å². The number of aliphatic carboxylic acids is 1. The van der Waals surface area contributed by atoms with Gasteiger partial charge in [0.2, 0.25) is 21.8 Å². The first kappa shape index (κ1) is 37.9. The highest BCUT2D eigenvalue weighted by molar-refractivity contribution is 7.89. The van der Waals surface area contributed by atoms with Crippen LogP contribution in [0, 0.1) is 13.8 Å². The Labute approximate surface area is 300 Å². The van der Waals surface area contributed by atoms with Gasteiger partial charge in [0.25, 0.3) is 5.91 Å². The van der Waals surface area contributed by atoms with Crippen LogP contribution in [0.3, 0.4) is 0 Å². The fraction of sp³-hybridized carbons (Fsp3) is 0.389. The summed E-state index contributed by atoms with van der Waals surface area (Å²) in [5, 5.41) is 15.0. The number of carboxylic acids is 1. The van der Waals surface area contributed by atoms with Crippen molar-refractivity contribution >= 4 is 61.9 Å². The molecule has 15 nitrogen and oxygen atoms in total. The first-order valence-corrected chi connectivity index (χ1v) is 18.2. The van der Waals surface area contributed by atoms with Crippen molar-refractivity contribution in [2.45, 2.75) is 69.0 Å². The molecule has 3 N–H and O–H groups in total. The van der Waals surface area contributed by atoms with Gasteiger partial charge >= 0.3 is 11.9 Å². The third-order valence-corrected chi connectivity index (χ3v) is 10.7. The molecule has 0 spiro atoms. The number of Topliss-reactive ketones (excluding diaryl/α,β-unsaturated/α-hetero) is 1. The van der Waals surface area contributed by atoms with E-state index in [0.29, 0.717) is 28.3 Å². The molecule has 0 aliphatic carbocycles. The van der Waals surface area contributed by atoms with Crippen molar-refractivity contribution in [2.75, 3.05) is 32.1 Å². The summed E-state index contributed by atoms with van der Waals surface area (Å²) in [6.07, 6.45) is -0.905. The van der Waals surface area contributed by atoms with E-state index in [4.69, 9.17) is 4.74 Å². The van der Waals surface area contributed by atoms with Crippen LogP contribution in [0.2, 0.25) is 0 Å². The summed E-state index contributed by atoms with van der Waals surface area (Å²) < 4.78 is 35.4. The van der Waals surface area contributed by atoms with Gasteiger partial charge in [0.1, 0.15) is 18.1 Å². The van der Waals surface area contributed by atoms with Gasteiger partial charge in [-0.3, -0.25) is 29.0 Å². The van der Waals surface area contributed by atoms with Crippen molar-refractivity contribution in [2.24, 2.45) is 0 Å². The Morgan fingerprint density at radius 1 is 0.962 bits per heavy atom. The van der Waals surface area contributed by atoms with Crippen LogP contribution in [0.1, 0.15) is 53.6 Å². The number of esters is 1. The molecule has 276 valence electrons. The summed E-state index contributed by atoms with van der Waals surface area (Å²) >= 11 is 0. The normalized spacial score (nSPS) is 18.3. The lowest BCUT2D eigenvalue weighted by atomic mass is 10.0. The van der Waals surface area contributed by atoms with Crippen molar-refractivity contribution in [3.8, 4) is 0 Å². The molecule has 16 heteroatoms. The molecule has 3 atom stereocenters. The maximum absolute atomic E-state index is 14.1. The molecular formula is C36H41N5O10S. The smallest absolute Gasteiger partial charge is 0.339 e. The molecule has 0 unspecified atom stereocenters. The highest BCUT2D eigenvalue weighted by Gasteiger charge is 2.46. The third kappa shape index (κ3) is 7.92. The Morgan fingerprint density at radius 3 is 2.29 bits per heavy atom. The van der Waals surface area contributed by atoms with Gasteiger partial charge in [0.05, 0.1) is 16.9 Å². The first-order valence-electron chi connectivity index (χ1n) is 16.7. The molecule has 0 radical (unpaired) electrons. The Morgan fingerprint density at radius 2 is 1.62 bits per heavy atom. The zero-order valence-electron chi connectivity index (χ0n) is 29.2. The van der Waals surface area contributed by atoms with Crippen LogP contribution < -0.4 is 14.9 Å². The number of benzene rings is 3. The Bertz CT molecular complexity index is 2030. The number of carboxylic acid groups (broad SMARTS) is 1. The van der Waals surface area contributed by atoms with E-state index >= 15 is 0 Å². The van der Waals surface area contributed by atoms with Crippen molar-refractivity contribution < 1.29 is 47.0 Å². The average Bonchev–Trinajstić information content (AvgIpc) is 3.21. The van der Waals surface area contributed by atoms with Crippen LogP contribution in [0.4, 0.5) is 5.69 Å². The molecule has 52 heavy (non-hydrogen) atoms. The second kappa shape index (κ2) is 15.5.